The summed E-state index contributed by atoms with van der Waals surface area (Å²) < 4.78 is 38.2. The zero-order chi connectivity index (χ0) is 22.7. The van der Waals surface area contributed by atoms with Crippen molar-refractivity contribution in [3.8, 4) is 11.5 Å². The van der Waals surface area contributed by atoms with Gasteiger partial charge in [-0.15, -0.1) is 0 Å². The monoisotopic (exact) mass is 458 g/mol. The Labute approximate surface area is 186 Å². The second-order valence-electron chi connectivity index (χ2n) is 7.69. The molecular weight excluding hydrogens is 432 g/mol. The van der Waals surface area contributed by atoms with Crippen molar-refractivity contribution in [3.05, 3.63) is 42.0 Å². The molecule has 1 amide bonds. The van der Waals surface area contributed by atoms with E-state index in [2.05, 4.69) is 14.9 Å². The van der Waals surface area contributed by atoms with Gasteiger partial charge in [0, 0.05) is 18.1 Å². The minimum absolute atomic E-state index is 0.0632. The van der Waals surface area contributed by atoms with Crippen molar-refractivity contribution in [2.24, 2.45) is 0 Å². The topological polar surface area (TPSA) is 114 Å². The Morgan fingerprint density at radius 2 is 1.94 bits per heavy atom. The maximum atomic E-state index is 12.9. The van der Waals surface area contributed by atoms with Crippen molar-refractivity contribution in [3.63, 3.8) is 0 Å². The maximum Gasteiger partial charge on any atom is 0.232 e. The fraction of sp³-hybridized carbons (Fsp3) is 0.364. The second-order valence-corrected chi connectivity index (χ2v) is 9.53. The van der Waals surface area contributed by atoms with E-state index in [1.807, 2.05) is 19.1 Å². The van der Waals surface area contributed by atoms with Gasteiger partial charge in [-0.25, -0.2) is 8.42 Å². The summed E-state index contributed by atoms with van der Waals surface area (Å²) in [5, 5.41) is 7.82. The number of likely N-dealkylation sites (N-methyl/N-ethyl adjacent to an activating group) is 1. The van der Waals surface area contributed by atoms with Gasteiger partial charge in [0.25, 0.3) is 0 Å². The molecule has 1 aliphatic heterocycles. The number of nitrogens with zero attached hydrogens (tertiary/aromatic N) is 2. The van der Waals surface area contributed by atoms with E-state index in [9.17, 15) is 13.2 Å². The van der Waals surface area contributed by atoms with Crippen LogP contribution in [0.5, 0.6) is 11.5 Å². The minimum Gasteiger partial charge on any atom is -0.486 e. The number of carbonyl (C=O) groups is 1. The summed E-state index contributed by atoms with van der Waals surface area (Å²) in [6, 6.07) is 10.5. The largest absolute Gasteiger partial charge is 0.486 e. The molecule has 0 saturated heterocycles. The number of sulfonamides is 1. The number of benzene rings is 2. The number of hydrogen-bond acceptors (Lipinski definition) is 6. The van der Waals surface area contributed by atoms with Crippen molar-refractivity contribution in [2.45, 2.75) is 26.2 Å². The summed E-state index contributed by atoms with van der Waals surface area (Å²) in [5.74, 6) is 1.64. The van der Waals surface area contributed by atoms with Crippen LogP contribution in [0.25, 0.3) is 10.9 Å². The number of H-pyrrole nitrogens is 1. The van der Waals surface area contributed by atoms with E-state index < -0.39 is 10.0 Å². The van der Waals surface area contributed by atoms with Crippen molar-refractivity contribution < 1.29 is 22.7 Å². The molecule has 0 atom stereocenters. The molecule has 0 unspecified atom stereocenters. The van der Waals surface area contributed by atoms with Gasteiger partial charge in [-0.3, -0.25) is 19.5 Å². The molecule has 170 valence electrons. The average molecular weight is 459 g/mol. The van der Waals surface area contributed by atoms with E-state index >= 15 is 0 Å². The van der Waals surface area contributed by atoms with Gasteiger partial charge < -0.3 is 9.47 Å². The van der Waals surface area contributed by atoms with Crippen LogP contribution in [0.15, 0.2) is 36.4 Å². The lowest BCUT2D eigenvalue weighted by Gasteiger charge is -2.19. The zero-order valence-corrected chi connectivity index (χ0v) is 18.9. The van der Waals surface area contributed by atoms with Crippen LogP contribution in [0.4, 0.5) is 11.5 Å². The summed E-state index contributed by atoms with van der Waals surface area (Å²) in [6.45, 7) is 2.93. The van der Waals surface area contributed by atoms with Crippen molar-refractivity contribution in [1.82, 2.24) is 10.2 Å². The SMILES string of the molecule is CCCCS(=O)(=O)Nc1ccc2[nH]nc(N(C)C(=O)Cc3ccc4c(c3)OCCO4)c2c1. The number of rotatable bonds is 8. The number of hydrogen-bond donors (Lipinski definition) is 2. The highest BCUT2D eigenvalue weighted by Gasteiger charge is 2.20. The molecule has 0 radical (unpaired) electrons. The normalized spacial score (nSPS) is 13.2. The molecule has 1 aliphatic rings. The molecule has 2 heterocycles. The first kappa shape index (κ1) is 21.9. The predicted molar refractivity (Wildman–Crippen MR) is 123 cm³/mol. The lowest BCUT2D eigenvalue weighted by atomic mass is 10.1. The van der Waals surface area contributed by atoms with E-state index in [4.69, 9.17) is 9.47 Å². The Bertz CT molecular complexity index is 1240. The molecule has 0 saturated carbocycles. The Morgan fingerprint density at radius 3 is 2.72 bits per heavy atom. The number of aromatic amines is 1. The van der Waals surface area contributed by atoms with Crippen molar-refractivity contribution in [2.75, 3.05) is 35.6 Å². The number of anilines is 2. The first-order valence-electron chi connectivity index (χ1n) is 10.5. The van der Waals surface area contributed by atoms with Crippen LogP contribution in [-0.4, -0.2) is 50.5 Å². The fourth-order valence-corrected chi connectivity index (χ4v) is 4.75. The van der Waals surface area contributed by atoms with Crippen LogP contribution in [0.2, 0.25) is 0 Å². The maximum absolute atomic E-state index is 12.9. The molecule has 0 aliphatic carbocycles. The average Bonchev–Trinajstić information content (AvgIpc) is 3.20. The Morgan fingerprint density at radius 1 is 1.16 bits per heavy atom. The second kappa shape index (κ2) is 9.07. The van der Waals surface area contributed by atoms with Gasteiger partial charge in [0.1, 0.15) is 13.2 Å². The molecule has 0 spiro atoms. The van der Waals surface area contributed by atoms with E-state index in [1.54, 1.807) is 31.3 Å². The quantitative estimate of drug-likeness (QED) is 0.536. The highest BCUT2D eigenvalue weighted by Crippen LogP contribution is 2.31. The first-order chi connectivity index (χ1) is 15.4. The van der Waals surface area contributed by atoms with E-state index in [-0.39, 0.29) is 18.1 Å². The number of carbonyl (C=O) groups excluding carboxylic acids is 1. The van der Waals surface area contributed by atoms with Crippen LogP contribution in [-0.2, 0) is 21.2 Å². The Hall–Kier alpha value is -3.27. The third-order valence-corrected chi connectivity index (χ3v) is 6.61. The van der Waals surface area contributed by atoms with Crippen LogP contribution >= 0.6 is 0 Å². The molecule has 3 aromatic rings. The van der Waals surface area contributed by atoms with Gasteiger partial charge in [0.15, 0.2) is 17.3 Å². The van der Waals surface area contributed by atoms with E-state index in [1.165, 1.54) is 4.90 Å². The lowest BCUT2D eigenvalue weighted by molar-refractivity contribution is -0.117. The van der Waals surface area contributed by atoms with Gasteiger partial charge in [-0.1, -0.05) is 19.4 Å². The van der Waals surface area contributed by atoms with Gasteiger partial charge in [0.05, 0.1) is 17.7 Å². The summed E-state index contributed by atoms with van der Waals surface area (Å²) in [5.41, 5.74) is 1.94. The highest BCUT2D eigenvalue weighted by molar-refractivity contribution is 7.92. The molecule has 32 heavy (non-hydrogen) atoms. The number of amides is 1. The molecule has 1 aromatic heterocycles. The number of aromatic nitrogens is 2. The molecule has 0 fully saturated rings. The number of unbranched alkanes of at least 4 members (excludes halogenated alkanes) is 1. The Kier molecular flexibility index (Phi) is 6.22. The lowest BCUT2D eigenvalue weighted by Crippen LogP contribution is -2.28. The number of nitrogens with one attached hydrogen (secondary N) is 2. The summed E-state index contributed by atoms with van der Waals surface area (Å²) in [6.07, 6.45) is 1.54. The fourth-order valence-electron chi connectivity index (χ4n) is 3.49. The number of ether oxygens (including phenoxy) is 2. The molecule has 4 rings (SSSR count). The predicted octanol–water partition coefficient (Wildman–Crippen LogP) is 3.08. The van der Waals surface area contributed by atoms with Crippen LogP contribution < -0.4 is 19.1 Å². The van der Waals surface area contributed by atoms with Crippen LogP contribution in [0.1, 0.15) is 25.3 Å². The smallest absolute Gasteiger partial charge is 0.232 e. The van der Waals surface area contributed by atoms with Gasteiger partial charge in [-0.05, 0) is 42.3 Å². The first-order valence-corrected chi connectivity index (χ1v) is 12.2. The highest BCUT2D eigenvalue weighted by atomic mass is 32.2. The zero-order valence-electron chi connectivity index (χ0n) is 18.1. The van der Waals surface area contributed by atoms with Crippen molar-refractivity contribution >= 4 is 38.3 Å². The molecule has 9 nitrogen and oxygen atoms in total. The molecule has 2 aromatic carbocycles. The van der Waals surface area contributed by atoms with Crippen LogP contribution in [0, 0.1) is 0 Å². The standard InChI is InChI=1S/C22H26N4O5S/c1-3-4-11-32(28,29)25-16-6-7-18-17(14-16)22(24-23-18)26(2)21(27)13-15-5-8-19-20(12-15)31-10-9-30-19/h5-8,12,14,25H,3-4,9-11,13H2,1-2H3,(H,23,24). The summed E-state index contributed by atoms with van der Waals surface area (Å²) >= 11 is 0. The third kappa shape index (κ3) is 4.80. The minimum atomic E-state index is -3.43. The van der Waals surface area contributed by atoms with E-state index in [0.717, 1.165) is 12.0 Å². The molecule has 0 bridgehead atoms. The Balaban J connectivity index is 1.52. The van der Waals surface area contributed by atoms with Gasteiger partial charge in [-0.2, -0.15) is 5.10 Å². The third-order valence-electron chi connectivity index (χ3n) is 5.24. The summed E-state index contributed by atoms with van der Waals surface area (Å²) in [4.78, 5) is 14.4. The molecule has 2 N–H and O–H groups in total. The van der Waals surface area contributed by atoms with E-state index in [0.29, 0.717) is 53.5 Å². The van der Waals surface area contributed by atoms with Gasteiger partial charge in [0.2, 0.25) is 15.9 Å². The van der Waals surface area contributed by atoms with Crippen molar-refractivity contribution in [1.29, 1.82) is 0 Å². The number of fused-ring (bicyclic) bond motifs is 2. The van der Waals surface area contributed by atoms with Crippen LogP contribution in [0.3, 0.4) is 0 Å². The van der Waals surface area contributed by atoms with Gasteiger partial charge >= 0.3 is 0 Å². The molecule has 10 heteroatoms. The molecular formula is C22H26N4O5S. The summed E-state index contributed by atoms with van der Waals surface area (Å²) in [7, 11) is -1.78.